The number of fused-ring (bicyclic) bond motifs is 1. The number of hydrogen-bond donors (Lipinski definition) is 0. The molecular formula is C14H14O2. The van der Waals surface area contributed by atoms with Crippen LogP contribution in [0.1, 0.15) is 34.6 Å². The number of hydrogen-bond acceptors (Lipinski definition) is 2. The summed E-state index contributed by atoms with van der Waals surface area (Å²) in [5.74, 6) is 0. The third kappa shape index (κ3) is 2.34. The van der Waals surface area contributed by atoms with Crippen molar-refractivity contribution in [3.05, 3.63) is 47.5 Å². The number of benzene rings is 2. The SMILES string of the molecule is CC.O=Cc1cc(C=O)c2ccccc2c1. The average Bonchev–Trinajstić information content (AvgIpc) is 2.39. The summed E-state index contributed by atoms with van der Waals surface area (Å²) >= 11 is 0. The van der Waals surface area contributed by atoms with Crippen molar-refractivity contribution in [1.82, 2.24) is 0 Å². The first-order valence-corrected chi connectivity index (χ1v) is 5.28. The Morgan fingerprint density at radius 2 is 1.62 bits per heavy atom. The van der Waals surface area contributed by atoms with Crippen LogP contribution in [-0.4, -0.2) is 12.6 Å². The topological polar surface area (TPSA) is 34.1 Å². The molecule has 2 aromatic carbocycles. The monoisotopic (exact) mass is 214 g/mol. The van der Waals surface area contributed by atoms with Gasteiger partial charge in [0.2, 0.25) is 0 Å². The predicted octanol–water partition coefficient (Wildman–Crippen LogP) is 3.49. The zero-order chi connectivity index (χ0) is 12.0. The molecule has 2 rings (SSSR count). The van der Waals surface area contributed by atoms with Crippen molar-refractivity contribution in [1.29, 1.82) is 0 Å². The second kappa shape index (κ2) is 5.81. The summed E-state index contributed by atoms with van der Waals surface area (Å²) in [6.07, 6.45) is 1.52. The van der Waals surface area contributed by atoms with Gasteiger partial charge in [0.05, 0.1) is 0 Å². The number of carbonyl (C=O) groups excluding carboxylic acids is 2. The van der Waals surface area contributed by atoms with Gasteiger partial charge >= 0.3 is 0 Å². The van der Waals surface area contributed by atoms with E-state index in [2.05, 4.69) is 0 Å². The van der Waals surface area contributed by atoms with E-state index in [1.807, 2.05) is 38.1 Å². The Labute approximate surface area is 94.9 Å². The second-order valence-electron chi connectivity index (χ2n) is 3.07. The van der Waals surface area contributed by atoms with Crippen LogP contribution in [0, 0.1) is 0 Å². The molecule has 0 saturated carbocycles. The summed E-state index contributed by atoms with van der Waals surface area (Å²) in [7, 11) is 0. The Hall–Kier alpha value is -1.96. The van der Waals surface area contributed by atoms with E-state index in [0.717, 1.165) is 23.3 Å². The van der Waals surface area contributed by atoms with Gasteiger partial charge in [-0.2, -0.15) is 0 Å². The van der Waals surface area contributed by atoms with Gasteiger partial charge in [-0.3, -0.25) is 9.59 Å². The lowest BCUT2D eigenvalue weighted by Crippen LogP contribution is -1.87. The first kappa shape index (κ1) is 12.1. The van der Waals surface area contributed by atoms with E-state index < -0.39 is 0 Å². The summed E-state index contributed by atoms with van der Waals surface area (Å²) in [6, 6.07) is 10.9. The Morgan fingerprint density at radius 1 is 0.938 bits per heavy atom. The largest absolute Gasteiger partial charge is 0.298 e. The van der Waals surface area contributed by atoms with Gasteiger partial charge in [-0.15, -0.1) is 0 Å². The van der Waals surface area contributed by atoms with Crippen molar-refractivity contribution in [3.8, 4) is 0 Å². The summed E-state index contributed by atoms with van der Waals surface area (Å²) in [5.41, 5.74) is 1.09. The standard InChI is InChI=1S/C12H8O2.C2H6/c13-7-9-5-10-3-1-2-4-12(10)11(6-9)8-14;1-2/h1-8H;1-2H3. The molecule has 0 saturated heterocycles. The highest BCUT2D eigenvalue weighted by Crippen LogP contribution is 2.18. The number of carbonyl (C=O) groups is 2. The summed E-state index contributed by atoms with van der Waals surface area (Å²) in [4.78, 5) is 21.4. The molecule has 0 aliphatic heterocycles. The van der Waals surface area contributed by atoms with Gasteiger partial charge in [-0.25, -0.2) is 0 Å². The first-order chi connectivity index (χ1) is 7.85. The van der Waals surface area contributed by atoms with Crippen molar-refractivity contribution in [2.24, 2.45) is 0 Å². The molecule has 0 spiro atoms. The number of aldehydes is 2. The minimum absolute atomic E-state index is 0.533. The Bertz CT molecular complexity index is 501. The van der Waals surface area contributed by atoms with Gasteiger partial charge < -0.3 is 0 Å². The first-order valence-electron chi connectivity index (χ1n) is 5.28. The lowest BCUT2D eigenvalue weighted by Gasteiger charge is -2.01. The van der Waals surface area contributed by atoms with Crippen molar-refractivity contribution in [3.63, 3.8) is 0 Å². The molecule has 0 aliphatic rings. The lowest BCUT2D eigenvalue weighted by molar-refractivity contribution is 0.112. The van der Waals surface area contributed by atoms with E-state index in [4.69, 9.17) is 0 Å². The van der Waals surface area contributed by atoms with E-state index in [1.165, 1.54) is 0 Å². The molecule has 0 aliphatic carbocycles. The van der Waals surface area contributed by atoms with Crippen LogP contribution in [0.25, 0.3) is 10.8 Å². The highest BCUT2D eigenvalue weighted by molar-refractivity contribution is 6.01. The number of rotatable bonds is 2. The smallest absolute Gasteiger partial charge is 0.150 e. The molecule has 0 unspecified atom stereocenters. The Morgan fingerprint density at radius 3 is 2.25 bits per heavy atom. The maximum atomic E-state index is 10.8. The van der Waals surface area contributed by atoms with Crippen molar-refractivity contribution in [2.45, 2.75) is 13.8 Å². The van der Waals surface area contributed by atoms with Gasteiger partial charge in [-0.05, 0) is 22.9 Å². The van der Waals surface area contributed by atoms with Crippen molar-refractivity contribution >= 4 is 23.3 Å². The van der Waals surface area contributed by atoms with Crippen LogP contribution in [-0.2, 0) is 0 Å². The van der Waals surface area contributed by atoms with Crippen LogP contribution < -0.4 is 0 Å². The van der Waals surface area contributed by atoms with Gasteiger partial charge in [0.25, 0.3) is 0 Å². The quantitative estimate of drug-likeness (QED) is 0.717. The minimum atomic E-state index is 0.533. The summed E-state index contributed by atoms with van der Waals surface area (Å²) in [6.45, 7) is 4.00. The molecule has 0 radical (unpaired) electrons. The summed E-state index contributed by atoms with van der Waals surface area (Å²) in [5, 5.41) is 1.80. The van der Waals surface area contributed by atoms with Crippen LogP contribution in [0.4, 0.5) is 0 Å². The van der Waals surface area contributed by atoms with E-state index in [9.17, 15) is 9.59 Å². The molecule has 2 heteroatoms. The lowest BCUT2D eigenvalue weighted by atomic mass is 10.0. The van der Waals surface area contributed by atoms with E-state index in [1.54, 1.807) is 12.1 Å². The van der Waals surface area contributed by atoms with Gasteiger partial charge in [0.15, 0.2) is 6.29 Å². The van der Waals surface area contributed by atoms with Crippen LogP contribution in [0.2, 0.25) is 0 Å². The molecule has 0 atom stereocenters. The molecule has 0 bridgehead atoms. The maximum Gasteiger partial charge on any atom is 0.150 e. The molecule has 82 valence electrons. The Balaban J connectivity index is 0.000000606. The third-order valence-electron chi connectivity index (χ3n) is 2.18. The maximum absolute atomic E-state index is 10.8. The molecule has 0 aromatic heterocycles. The molecule has 0 amide bonds. The highest BCUT2D eigenvalue weighted by Gasteiger charge is 2.01. The fourth-order valence-electron chi connectivity index (χ4n) is 1.53. The molecule has 16 heavy (non-hydrogen) atoms. The molecule has 2 aromatic rings. The van der Waals surface area contributed by atoms with Crippen LogP contribution >= 0.6 is 0 Å². The second-order valence-corrected chi connectivity index (χ2v) is 3.07. The Kier molecular flexibility index (Phi) is 4.40. The van der Waals surface area contributed by atoms with Crippen molar-refractivity contribution in [2.75, 3.05) is 0 Å². The van der Waals surface area contributed by atoms with Crippen LogP contribution in [0.3, 0.4) is 0 Å². The molecule has 0 heterocycles. The van der Waals surface area contributed by atoms with Crippen molar-refractivity contribution < 1.29 is 9.59 Å². The highest BCUT2D eigenvalue weighted by atomic mass is 16.1. The van der Waals surface area contributed by atoms with Gasteiger partial charge in [-0.1, -0.05) is 38.1 Å². The van der Waals surface area contributed by atoms with E-state index >= 15 is 0 Å². The fraction of sp³-hybridized carbons (Fsp3) is 0.143. The summed E-state index contributed by atoms with van der Waals surface area (Å²) < 4.78 is 0. The molecular weight excluding hydrogens is 200 g/mol. The van der Waals surface area contributed by atoms with Gasteiger partial charge in [0.1, 0.15) is 6.29 Å². The predicted molar refractivity (Wildman–Crippen MR) is 66.1 cm³/mol. The molecule has 2 nitrogen and oxygen atoms in total. The zero-order valence-electron chi connectivity index (χ0n) is 9.44. The normalized spacial score (nSPS) is 9.12. The molecule has 0 N–H and O–H groups in total. The van der Waals surface area contributed by atoms with Gasteiger partial charge in [0, 0.05) is 11.1 Å². The minimum Gasteiger partial charge on any atom is -0.298 e. The molecule has 0 fully saturated rings. The van der Waals surface area contributed by atoms with E-state index in [-0.39, 0.29) is 0 Å². The van der Waals surface area contributed by atoms with Crippen LogP contribution in [0.5, 0.6) is 0 Å². The fourth-order valence-corrected chi connectivity index (χ4v) is 1.53. The zero-order valence-corrected chi connectivity index (χ0v) is 9.44. The third-order valence-corrected chi connectivity index (χ3v) is 2.18. The van der Waals surface area contributed by atoms with E-state index in [0.29, 0.717) is 11.1 Å². The average molecular weight is 214 g/mol. The van der Waals surface area contributed by atoms with Crippen LogP contribution in [0.15, 0.2) is 36.4 Å².